The summed E-state index contributed by atoms with van der Waals surface area (Å²) >= 11 is 0. The van der Waals surface area contributed by atoms with Gasteiger partial charge in [-0.1, -0.05) is 29.8 Å². The number of rotatable bonds is 1. The molecule has 26 heavy (non-hydrogen) atoms. The van der Waals surface area contributed by atoms with Gasteiger partial charge < -0.3 is 9.84 Å². The third-order valence-corrected chi connectivity index (χ3v) is 7.24. The lowest BCUT2D eigenvalue weighted by Crippen LogP contribution is -2.74. The van der Waals surface area contributed by atoms with Crippen molar-refractivity contribution in [1.29, 1.82) is 0 Å². The molecule has 2 saturated carbocycles. The van der Waals surface area contributed by atoms with Gasteiger partial charge in [-0.05, 0) is 30.9 Å². The highest BCUT2D eigenvalue weighted by atomic mass is 16.8. The van der Waals surface area contributed by atoms with Crippen molar-refractivity contribution in [1.82, 2.24) is 5.06 Å². The Morgan fingerprint density at radius 3 is 3.04 bits per heavy atom. The largest absolute Gasteiger partial charge is 0.469 e. The second kappa shape index (κ2) is 4.63. The molecule has 6 heteroatoms. The van der Waals surface area contributed by atoms with E-state index in [0.717, 1.165) is 23.4 Å². The third-order valence-electron chi connectivity index (χ3n) is 7.24. The zero-order valence-corrected chi connectivity index (χ0v) is 14.6. The molecule has 5 fully saturated rings. The third kappa shape index (κ3) is 1.34. The number of fused-ring (bicyclic) bond motifs is 1. The van der Waals surface area contributed by atoms with Crippen LogP contribution in [0.5, 0.6) is 0 Å². The zero-order valence-electron chi connectivity index (χ0n) is 14.6. The summed E-state index contributed by atoms with van der Waals surface area (Å²) in [4.78, 5) is 23.9. The number of benzene rings is 1. The SMILES string of the molecule is C/C=C1/C2[C@@H]3[C@@H](O)ON2[C@H]2C[C@@H]1C(C(=O)OC)[C@]31C2=Nc2ccccc21. The van der Waals surface area contributed by atoms with Gasteiger partial charge in [-0.25, -0.2) is 0 Å². The molecular formula is C20H20N2O4. The van der Waals surface area contributed by atoms with Gasteiger partial charge in [0.2, 0.25) is 0 Å². The number of methoxy groups -OCH3 is 1. The number of esters is 1. The topological polar surface area (TPSA) is 71.4 Å². The highest BCUT2D eigenvalue weighted by molar-refractivity contribution is 6.10. The van der Waals surface area contributed by atoms with Crippen molar-refractivity contribution >= 4 is 17.4 Å². The molecule has 6 nitrogen and oxygen atoms in total. The van der Waals surface area contributed by atoms with Crippen LogP contribution < -0.4 is 0 Å². The van der Waals surface area contributed by atoms with Crippen LogP contribution in [0.1, 0.15) is 18.9 Å². The van der Waals surface area contributed by atoms with Crippen LogP contribution in [0.3, 0.4) is 0 Å². The van der Waals surface area contributed by atoms with E-state index in [1.165, 1.54) is 12.7 Å². The maximum atomic E-state index is 13.1. The Hall–Kier alpha value is -2.02. The second-order valence-electron chi connectivity index (χ2n) is 7.86. The Bertz CT molecular complexity index is 909. The monoisotopic (exact) mass is 352 g/mol. The van der Waals surface area contributed by atoms with Crippen LogP contribution in [-0.2, 0) is 19.8 Å². The molecule has 3 saturated heterocycles. The standard InChI is InChI=1S/C20H20N2O4/c1-3-9-10-8-13-17-20(14(10)18(23)25-2,11-6-4-5-7-12(11)21-17)15-16(9)22(13)26-19(15)24/h3-7,10,13-16,19,24H,8H2,1-2H3/b9-3+/t10-,13-,14?,15+,16?,19-,20-/m0/s1. The van der Waals surface area contributed by atoms with E-state index in [2.05, 4.69) is 12.1 Å². The second-order valence-corrected chi connectivity index (χ2v) is 7.86. The normalized spacial score (nSPS) is 47.7. The number of allylic oxidation sites excluding steroid dienone is 1. The van der Waals surface area contributed by atoms with Crippen LogP contribution >= 0.6 is 0 Å². The number of piperidine rings is 2. The number of aliphatic imine (C=N–C) groups is 1. The lowest BCUT2D eigenvalue weighted by atomic mass is 9.43. The molecule has 4 aliphatic heterocycles. The van der Waals surface area contributed by atoms with E-state index in [9.17, 15) is 9.90 Å². The minimum atomic E-state index is -0.956. The molecule has 1 aromatic rings. The molecule has 1 spiro atoms. The summed E-state index contributed by atoms with van der Waals surface area (Å²) in [6.07, 6.45) is 1.91. The van der Waals surface area contributed by atoms with Crippen molar-refractivity contribution in [3.63, 3.8) is 0 Å². The van der Waals surface area contributed by atoms with Gasteiger partial charge in [-0.2, -0.15) is 5.06 Å². The lowest BCUT2D eigenvalue weighted by molar-refractivity contribution is -0.234. The Kier molecular flexibility index (Phi) is 2.68. The molecule has 7 rings (SSSR count). The highest BCUT2D eigenvalue weighted by Crippen LogP contribution is 2.69. The van der Waals surface area contributed by atoms with Crippen molar-refractivity contribution in [2.75, 3.05) is 7.11 Å². The predicted molar refractivity (Wildman–Crippen MR) is 92.6 cm³/mol. The van der Waals surface area contributed by atoms with Crippen molar-refractivity contribution in [3.8, 4) is 0 Å². The number of ether oxygens (including phenoxy) is 1. The number of para-hydroxylation sites is 1. The molecule has 1 N–H and O–H groups in total. The van der Waals surface area contributed by atoms with Crippen molar-refractivity contribution in [3.05, 3.63) is 41.5 Å². The molecule has 0 radical (unpaired) electrons. The molecule has 0 aromatic heterocycles. The van der Waals surface area contributed by atoms with Crippen LogP contribution in [0.4, 0.5) is 5.69 Å². The minimum Gasteiger partial charge on any atom is -0.469 e. The zero-order chi connectivity index (χ0) is 17.8. The summed E-state index contributed by atoms with van der Waals surface area (Å²) in [6, 6.07) is 8.00. The molecule has 2 aliphatic carbocycles. The fourth-order valence-electron chi connectivity index (χ4n) is 6.62. The van der Waals surface area contributed by atoms with Gasteiger partial charge in [-0.3, -0.25) is 14.6 Å². The summed E-state index contributed by atoms with van der Waals surface area (Å²) in [5.74, 6) is -0.762. The number of aliphatic hydroxyl groups is 1. The maximum absolute atomic E-state index is 13.1. The first-order valence-corrected chi connectivity index (χ1v) is 9.20. The van der Waals surface area contributed by atoms with Crippen LogP contribution in [0.2, 0.25) is 0 Å². The predicted octanol–water partition coefficient (Wildman–Crippen LogP) is 1.71. The fourth-order valence-corrected chi connectivity index (χ4v) is 6.62. The smallest absolute Gasteiger partial charge is 0.310 e. The molecule has 134 valence electrons. The van der Waals surface area contributed by atoms with E-state index in [1.807, 2.05) is 30.2 Å². The van der Waals surface area contributed by atoms with Gasteiger partial charge in [0.25, 0.3) is 0 Å². The molecule has 0 amide bonds. The van der Waals surface area contributed by atoms with Gasteiger partial charge in [-0.15, -0.1) is 0 Å². The Labute approximate surface area is 151 Å². The van der Waals surface area contributed by atoms with E-state index < -0.39 is 11.7 Å². The minimum absolute atomic E-state index is 0.00425. The number of carbonyl (C=O) groups excluding carboxylic acids is 1. The summed E-state index contributed by atoms with van der Waals surface area (Å²) in [7, 11) is 1.45. The molecule has 6 aliphatic rings. The summed E-state index contributed by atoms with van der Waals surface area (Å²) in [5.41, 5.74) is 3.46. The van der Waals surface area contributed by atoms with Crippen LogP contribution in [0.25, 0.3) is 0 Å². The number of hydrogen-bond donors (Lipinski definition) is 1. The Balaban J connectivity index is 1.71. The van der Waals surface area contributed by atoms with Crippen LogP contribution in [0.15, 0.2) is 40.9 Å². The quantitative estimate of drug-likeness (QED) is 0.615. The average molecular weight is 352 g/mol. The van der Waals surface area contributed by atoms with Gasteiger partial charge in [0.05, 0.1) is 41.9 Å². The van der Waals surface area contributed by atoms with Gasteiger partial charge in [0.1, 0.15) is 0 Å². The summed E-state index contributed by atoms with van der Waals surface area (Å²) < 4.78 is 5.27. The van der Waals surface area contributed by atoms with E-state index in [0.29, 0.717) is 0 Å². The molecule has 6 bridgehead atoms. The van der Waals surface area contributed by atoms with E-state index in [4.69, 9.17) is 14.6 Å². The van der Waals surface area contributed by atoms with Crippen LogP contribution in [-0.4, -0.2) is 47.3 Å². The summed E-state index contributed by atoms with van der Waals surface area (Å²) in [6.45, 7) is 2.01. The molecule has 1 aromatic carbocycles. The van der Waals surface area contributed by atoms with Crippen LogP contribution in [0, 0.1) is 17.8 Å². The Morgan fingerprint density at radius 2 is 2.27 bits per heavy atom. The van der Waals surface area contributed by atoms with Gasteiger partial charge in [0.15, 0.2) is 6.29 Å². The van der Waals surface area contributed by atoms with Gasteiger partial charge >= 0.3 is 5.97 Å². The fraction of sp³-hybridized carbons (Fsp3) is 0.500. The number of hydroxylamine groups is 2. The van der Waals surface area contributed by atoms with E-state index >= 15 is 0 Å². The average Bonchev–Trinajstić information content (AvgIpc) is 3.16. The molecule has 3 unspecified atom stereocenters. The van der Waals surface area contributed by atoms with Crippen molar-refractivity contribution < 1.29 is 19.5 Å². The Morgan fingerprint density at radius 1 is 1.46 bits per heavy atom. The summed E-state index contributed by atoms with van der Waals surface area (Å²) in [5, 5.41) is 12.8. The number of hydrogen-bond acceptors (Lipinski definition) is 6. The van der Waals surface area contributed by atoms with Crippen molar-refractivity contribution in [2.24, 2.45) is 22.7 Å². The molecule has 8 atom stereocenters. The first-order valence-electron chi connectivity index (χ1n) is 9.20. The molecule has 4 heterocycles. The number of nitrogens with zero attached hydrogens (tertiary/aromatic N) is 2. The number of carbonyl (C=O) groups is 1. The van der Waals surface area contributed by atoms with Crippen molar-refractivity contribution in [2.45, 2.75) is 37.1 Å². The number of aliphatic hydroxyl groups excluding tert-OH is 1. The van der Waals surface area contributed by atoms with E-state index in [1.54, 1.807) is 0 Å². The first-order chi connectivity index (χ1) is 12.6. The lowest BCUT2D eigenvalue weighted by Gasteiger charge is -2.63. The highest BCUT2D eigenvalue weighted by Gasteiger charge is 2.78. The first kappa shape index (κ1) is 15.1. The molecular weight excluding hydrogens is 332 g/mol. The maximum Gasteiger partial charge on any atom is 0.310 e. The van der Waals surface area contributed by atoms with E-state index in [-0.39, 0.29) is 35.8 Å². The van der Waals surface area contributed by atoms with Gasteiger partial charge in [0, 0.05) is 5.92 Å².